The zero-order valence-corrected chi connectivity index (χ0v) is 11.3. The van der Waals surface area contributed by atoms with Crippen LogP contribution in [-0.4, -0.2) is 23.0 Å². The maximum absolute atomic E-state index is 6.18. The molecule has 100 valence electrons. The van der Waals surface area contributed by atoms with E-state index >= 15 is 0 Å². The summed E-state index contributed by atoms with van der Waals surface area (Å²) in [6, 6.07) is 4.80. The second-order valence-corrected chi connectivity index (χ2v) is 6.04. The highest BCUT2D eigenvalue weighted by molar-refractivity contribution is 5.08. The Morgan fingerprint density at radius 2 is 2.28 bits per heavy atom. The first-order valence-electron chi connectivity index (χ1n) is 7.25. The summed E-state index contributed by atoms with van der Waals surface area (Å²) >= 11 is 0. The lowest BCUT2D eigenvalue weighted by atomic mass is 9.86. The Hall–Kier alpha value is -0.800. The van der Waals surface area contributed by atoms with Crippen molar-refractivity contribution in [3.8, 4) is 0 Å². The van der Waals surface area contributed by atoms with Crippen LogP contribution in [0.15, 0.2) is 22.8 Å². The Morgan fingerprint density at radius 1 is 1.44 bits per heavy atom. The molecule has 2 fully saturated rings. The maximum Gasteiger partial charge on any atom is 0.117 e. The van der Waals surface area contributed by atoms with Gasteiger partial charge in [-0.2, -0.15) is 0 Å². The van der Waals surface area contributed by atoms with Gasteiger partial charge in [0.15, 0.2) is 0 Å². The molecule has 3 heteroatoms. The van der Waals surface area contributed by atoms with Gasteiger partial charge in [-0.1, -0.05) is 13.3 Å². The SMILES string of the molecule is CC1CCCC1(CN)N(Cc1ccco1)C1CC1. The van der Waals surface area contributed by atoms with E-state index in [0.717, 1.165) is 24.9 Å². The smallest absolute Gasteiger partial charge is 0.117 e. The summed E-state index contributed by atoms with van der Waals surface area (Å²) in [6.45, 7) is 4.09. The van der Waals surface area contributed by atoms with Gasteiger partial charge in [-0.3, -0.25) is 4.90 Å². The summed E-state index contributed by atoms with van der Waals surface area (Å²) in [4.78, 5) is 2.66. The predicted octanol–water partition coefficient (Wildman–Crippen LogP) is 2.76. The summed E-state index contributed by atoms with van der Waals surface area (Å²) in [5.41, 5.74) is 6.40. The Kier molecular flexibility index (Phi) is 3.20. The minimum atomic E-state index is 0.216. The molecule has 1 aromatic heterocycles. The molecule has 1 heterocycles. The van der Waals surface area contributed by atoms with E-state index in [0.29, 0.717) is 5.92 Å². The monoisotopic (exact) mass is 248 g/mol. The summed E-state index contributed by atoms with van der Waals surface area (Å²) in [5, 5.41) is 0. The van der Waals surface area contributed by atoms with E-state index in [9.17, 15) is 0 Å². The van der Waals surface area contributed by atoms with Gasteiger partial charge in [-0.15, -0.1) is 0 Å². The van der Waals surface area contributed by atoms with Gasteiger partial charge in [-0.25, -0.2) is 0 Å². The second-order valence-electron chi connectivity index (χ2n) is 6.04. The van der Waals surface area contributed by atoms with E-state index in [-0.39, 0.29) is 5.54 Å². The quantitative estimate of drug-likeness (QED) is 0.871. The summed E-state index contributed by atoms with van der Waals surface area (Å²) in [6.07, 6.45) is 8.32. The average Bonchev–Trinajstić information content (AvgIpc) is 2.95. The van der Waals surface area contributed by atoms with Crippen LogP contribution in [0.1, 0.15) is 44.8 Å². The first-order valence-corrected chi connectivity index (χ1v) is 7.25. The number of nitrogens with two attached hydrogens (primary N) is 1. The molecule has 0 aliphatic heterocycles. The van der Waals surface area contributed by atoms with Gasteiger partial charge in [0.05, 0.1) is 12.8 Å². The zero-order chi connectivity index (χ0) is 12.6. The summed E-state index contributed by atoms with van der Waals surface area (Å²) < 4.78 is 5.54. The van der Waals surface area contributed by atoms with E-state index < -0.39 is 0 Å². The molecule has 2 aliphatic rings. The van der Waals surface area contributed by atoms with E-state index in [1.807, 2.05) is 6.07 Å². The molecular formula is C15H24N2O. The Bertz CT molecular complexity index is 385. The third-order valence-corrected chi connectivity index (χ3v) is 4.98. The van der Waals surface area contributed by atoms with Crippen LogP contribution in [0.4, 0.5) is 0 Å². The first-order chi connectivity index (χ1) is 8.76. The van der Waals surface area contributed by atoms with Gasteiger partial charge in [-0.05, 0) is 43.7 Å². The summed E-state index contributed by atoms with van der Waals surface area (Å²) in [7, 11) is 0. The van der Waals surface area contributed by atoms with Crippen LogP contribution in [0.2, 0.25) is 0 Å². The third-order valence-electron chi connectivity index (χ3n) is 4.98. The van der Waals surface area contributed by atoms with Crippen LogP contribution >= 0.6 is 0 Å². The van der Waals surface area contributed by atoms with Gasteiger partial charge in [0.25, 0.3) is 0 Å². The van der Waals surface area contributed by atoms with E-state index in [2.05, 4.69) is 17.9 Å². The lowest BCUT2D eigenvalue weighted by Crippen LogP contribution is -2.56. The van der Waals surface area contributed by atoms with Gasteiger partial charge < -0.3 is 10.2 Å². The first kappa shape index (κ1) is 12.2. The Morgan fingerprint density at radius 3 is 2.78 bits per heavy atom. The number of furan rings is 1. The van der Waals surface area contributed by atoms with Gasteiger partial charge in [0.1, 0.15) is 5.76 Å². The summed E-state index contributed by atoms with van der Waals surface area (Å²) in [5.74, 6) is 1.78. The standard InChI is InChI=1S/C15H24N2O/c1-12-4-2-8-15(12,11-16)17(13-6-7-13)10-14-5-3-9-18-14/h3,5,9,12-13H,2,4,6-8,10-11,16H2,1H3. The van der Waals surface area contributed by atoms with Crippen molar-refractivity contribution in [2.24, 2.45) is 11.7 Å². The van der Waals surface area contributed by atoms with Crippen molar-refractivity contribution in [3.05, 3.63) is 24.2 Å². The fourth-order valence-electron chi connectivity index (χ4n) is 3.68. The molecule has 3 nitrogen and oxygen atoms in total. The van der Waals surface area contributed by atoms with Crippen LogP contribution in [-0.2, 0) is 6.54 Å². The van der Waals surface area contributed by atoms with Crippen LogP contribution in [0.5, 0.6) is 0 Å². The third kappa shape index (κ3) is 1.99. The molecule has 2 saturated carbocycles. The van der Waals surface area contributed by atoms with Crippen LogP contribution in [0, 0.1) is 5.92 Å². The van der Waals surface area contributed by atoms with Crippen LogP contribution in [0.25, 0.3) is 0 Å². The second kappa shape index (κ2) is 4.71. The molecule has 0 radical (unpaired) electrons. The fourth-order valence-corrected chi connectivity index (χ4v) is 3.68. The zero-order valence-electron chi connectivity index (χ0n) is 11.3. The molecule has 2 unspecified atom stereocenters. The highest BCUT2D eigenvalue weighted by atomic mass is 16.3. The average molecular weight is 248 g/mol. The molecule has 0 amide bonds. The van der Waals surface area contributed by atoms with E-state index in [4.69, 9.17) is 10.2 Å². The van der Waals surface area contributed by atoms with E-state index in [1.165, 1.54) is 32.1 Å². The topological polar surface area (TPSA) is 42.4 Å². The molecule has 0 bridgehead atoms. The van der Waals surface area contributed by atoms with Crippen molar-refractivity contribution in [3.63, 3.8) is 0 Å². The van der Waals surface area contributed by atoms with Crippen molar-refractivity contribution in [2.45, 2.75) is 57.2 Å². The van der Waals surface area contributed by atoms with Gasteiger partial charge in [0, 0.05) is 18.1 Å². The molecule has 18 heavy (non-hydrogen) atoms. The van der Waals surface area contributed by atoms with Crippen molar-refractivity contribution in [1.82, 2.24) is 4.90 Å². The van der Waals surface area contributed by atoms with Crippen LogP contribution in [0.3, 0.4) is 0 Å². The number of hydrogen-bond acceptors (Lipinski definition) is 3. The number of hydrogen-bond donors (Lipinski definition) is 1. The normalized spacial score (nSPS) is 32.3. The molecule has 2 N–H and O–H groups in total. The minimum Gasteiger partial charge on any atom is -0.468 e. The van der Waals surface area contributed by atoms with Crippen LogP contribution < -0.4 is 5.73 Å². The van der Waals surface area contributed by atoms with Gasteiger partial charge >= 0.3 is 0 Å². The molecule has 0 saturated heterocycles. The molecule has 2 atom stereocenters. The fraction of sp³-hybridized carbons (Fsp3) is 0.733. The van der Waals surface area contributed by atoms with E-state index in [1.54, 1.807) is 6.26 Å². The molecule has 3 rings (SSSR count). The predicted molar refractivity (Wildman–Crippen MR) is 72.1 cm³/mol. The minimum absolute atomic E-state index is 0.216. The number of rotatable bonds is 5. The lowest BCUT2D eigenvalue weighted by molar-refractivity contribution is 0.0415. The maximum atomic E-state index is 6.18. The van der Waals surface area contributed by atoms with Crippen molar-refractivity contribution < 1.29 is 4.42 Å². The molecular weight excluding hydrogens is 224 g/mol. The lowest BCUT2D eigenvalue weighted by Gasteiger charge is -2.44. The van der Waals surface area contributed by atoms with Crippen molar-refractivity contribution in [2.75, 3.05) is 6.54 Å². The molecule has 0 spiro atoms. The molecule has 2 aliphatic carbocycles. The Labute approximate surface area is 109 Å². The van der Waals surface area contributed by atoms with Crippen molar-refractivity contribution in [1.29, 1.82) is 0 Å². The molecule has 1 aromatic rings. The highest BCUT2D eigenvalue weighted by Gasteiger charge is 2.49. The number of nitrogens with zero attached hydrogens (tertiary/aromatic N) is 1. The Balaban J connectivity index is 1.83. The van der Waals surface area contributed by atoms with Crippen molar-refractivity contribution >= 4 is 0 Å². The largest absolute Gasteiger partial charge is 0.468 e. The highest BCUT2D eigenvalue weighted by Crippen LogP contribution is 2.45. The molecule has 0 aromatic carbocycles. The van der Waals surface area contributed by atoms with Gasteiger partial charge in [0.2, 0.25) is 0 Å².